The summed E-state index contributed by atoms with van der Waals surface area (Å²) in [6.07, 6.45) is 2.83. The third-order valence-corrected chi connectivity index (χ3v) is 4.65. The van der Waals surface area contributed by atoms with E-state index in [4.69, 9.17) is 4.74 Å². The van der Waals surface area contributed by atoms with Gasteiger partial charge in [-0.1, -0.05) is 0 Å². The second-order valence-electron chi connectivity index (χ2n) is 4.10. The van der Waals surface area contributed by atoms with Crippen LogP contribution in [-0.2, 0) is 14.8 Å². The standard InChI is InChI=1S/C11H17N3O3S/c1-12-7-10-9-14(5-6-17-10)18(15,16)11-3-2-4-13-8-11/h2-4,8,10,12H,5-7,9H2,1H3. The smallest absolute Gasteiger partial charge is 0.244 e. The monoisotopic (exact) mass is 271 g/mol. The van der Waals surface area contributed by atoms with E-state index in [1.165, 1.54) is 10.5 Å². The second kappa shape index (κ2) is 5.75. The number of morpholine rings is 1. The molecule has 1 atom stereocenters. The summed E-state index contributed by atoms with van der Waals surface area (Å²) >= 11 is 0. The molecule has 0 aromatic carbocycles. The molecule has 1 N–H and O–H groups in total. The highest BCUT2D eigenvalue weighted by atomic mass is 32.2. The van der Waals surface area contributed by atoms with Crippen LogP contribution in [0.15, 0.2) is 29.4 Å². The Bertz CT molecular complexity index is 476. The third kappa shape index (κ3) is 2.86. The molecule has 2 rings (SSSR count). The molecule has 2 heterocycles. The summed E-state index contributed by atoms with van der Waals surface area (Å²) in [7, 11) is -1.63. The molecule has 1 saturated heterocycles. The van der Waals surface area contributed by atoms with E-state index in [1.807, 2.05) is 7.05 Å². The number of nitrogens with zero attached hydrogens (tertiary/aromatic N) is 2. The third-order valence-electron chi connectivity index (χ3n) is 2.81. The Hall–Kier alpha value is -1.02. The molecule has 0 bridgehead atoms. The lowest BCUT2D eigenvalue weighted by molar-refractivity contribution is 0.000819. The summed E-state index contributed by atoms with van der Waals surface area (Å²) in [5.74, 6) is 0. The number of aromatic nitrogens is 1. The van der Waals surface area contributed by atoms with Crippen molar-refractivity contribution in [2.24, 2.45) is 0 Å². The lowest BCUT2D eigenvalue weighted by Gasteiger charge is -2.31. The molecule has 0 aliphatic carbocycles. The fraction of sp³-hybridized carbons (Fsp3) is 0.545. The Morgan fingerprint density at radius 2 is 2.44 bits per heavy atom. The molecule has 100 valence electrons. The first-order valence-electron chi connectivity index (χ1n) is 5.81. The Morgan fingerprint density at radius 3 is 3.11 bits per heavy atom. The minimum Gasteiger partial charge on any atom is -0.374 e. The van der Waals surface area contributed by atoms with Crippen LogP contribution in [0.25, 0.3) is 0 Å². The minimum atomic E-state index is -3.45. The van der Waals surface area contributed by atoms with Crippen molar-refractivity contribution < 1.29 is 13.2 Å². The first-order valence-corrected chi connectivity index (χ1v) is 7.25. The minimum absolute atomic E-state index is 0.102. The predicted molar refractivity (Wildman–Crippen MR) is 66.7 cm³/mol. The molecule has 0 radical (unpaired) electrons. The number of nitrogens with one attached hydrogen (secondary N) is 1. The zero-order chi connectivity index (χ0) is 13.0. The molecule has 0 spiro atoms. The highest BCUT2D eigenvalue weighted by Crippen LogP contribution is 2.17. The first kappa shape index (κ1) is 13.4. The molecule has 6 nitrogen and oxygen atoms in total. The Balaban J connectivity index is 2.15. The van der Waals surface area contributed by atoms with Crippen LogP contribution in [0.2, 0.25) is 0 Å². The summed E-state index contributed by atoms with van der Waals surface area (Å²) in [6.45, 7) is 1.82. The number of rotatable bonds is 4. The van der Waals surface area contributed by atoms with Crippen LogP contribution in [0.3, 0.4) is 0 Å². The van der Waals surface area contributed by atoms with Gasteiger partial charge in [-0.05, 0) is 19.2 Å². The van der Waals surface area contributed by atoms with E-state index in [9.17, 15) is 8.42 Å². The van der Waals surface area contributed by atoms with Crippen molar-refractivity contribution in [2.75, 3.05) is 33.3 Å². The molecule has 1 aromatic heterocycles. The quantitative estimate of drug-likeness (QED) is 0.813. The molecule has 1 aliphatic rings. The molecule has 7 heteroatoms. The Morgan fingerprint density at radius 1 is 1.61 bits per heavy atom. The van der Waals surface area contributed by atoms with Crippen molar-refractivity contribution in [2.45, 2.75) is 11.0 Å². The van der Waals surface area contributed by atoms with Gasteiger partial charge in [-0.3, -0.25) is 4.98 Å². The van der Waals surface area contributed by atoms with Crippen molar-refractivity contribution in [3.63, 3.8) is 0 Å². The van der Waals surface area contributed by atoms with Crippen LogP contribution < -0.4 is 5.32 Å². The van der Waals surface area contributed by atoms with E-state index >= 15 is 0 Å². The fourth-order valence-electron chi connectivity index (χ4n) is 1.91. The predicted octanol–water partition coefficient (Wildman–Crippen LogP) is -0.309. The van der Waals surface area contributed by atoms with Gasteiger partial charge in [-0.25, -0.2) is 8.42 Å². The largest absolute Gasteiger partial charge is 0.374 e. The zero-order valence-electron chi connectivity index (χ0n) is 10.2. The normalized spacial score (nSPS) is 21.9. The number of ether oxygens (including phenoxy) is 1. The molecule has 1 unspecified atom stereocenters. The molecule has 0 amide bonds. The van der Waals surface area contributed by atoms with Gasteiger partial charge in [-0.2, -0.15) is 4.31 Å². The van der Waals surface area contributed by atoms with Crippen molar-refractivity contribution in [3.8, 4) is 0 Å². The number of sulfonamides is 1. The maximum atomic E-state index is 12.3. The summed E-state index contributed by atoms with van der Waals surface area (Å²) in [4.78, 5) is 4.08. The van der Waals surface area contributed by atoms with Crippen LogP contribution in [0, 0.1) is 0 Å². The van der Waals surface area contributed by atoms with E-state index in [-0.39, 0.29) is 11.0 Å². The maximum Gasteiger partial charge on any atom is 0.244 e. The Kier molecular flexibility index (Phi) is 4.28. The molecule has 0 saturated carbocycles. The van der Waals surface area contributed by atoms with Crippen LogP contribution >= 0.6 is 0 Å². The van der Waals surface area contributed by atoms with Crippen LogP contribution in [0.1, 0.15) is 0 Å². The summed E-state index contributed by atoms with van der Waals surface area (Å²) in [6, 6.07) is 3.18. The molecular formula is C11H17N3O3S. The van der Waals surface area contributed by atoms with E-state index in [2.05, 4.69) is 10.3 Å². The average Bonchev–Trinajstić information content (AvgIpc) is 2.40. The molecule has 1 aliphatic heterocycles. The van der Waals surface area contributed by atoms with Crippen molar-refractivity contribution in [1.29, 1.82) is 0 Å². The SMILES string of the molecule is CNCC1CN(S(=O)(=O)c2cccnc2)CCO1. The summed E-state index contributed by atoms with van der Waals surface area (Å²) in [5.41, 5.74) is 0. The van der Waals surface area contributed by atoms with Crippen LogP contribution in [0.5, 0.6) is 0 Å². The van der Waals surface area contributed by atoms with Gasteiger partial charge in [0, 0.05) is 32.0 Å². The van der Waals surface area contributed by atoms with Crippen LogP contribution in [0.4, 0.5) is 0 Å². The van der Waals surface area contributed by atoms with Gasteiger partial charge < -0.3 is 10.1 Å². The van der Waals surface area contributed by atoms with E-state index in [1.54, 1.807) is 18.3 Å². The van der Waals surface area contributed by atoms with E-state index in [0.717, 1.165) is 0 Å². The van der Waals surface area contributed by atoms with Crippen molar-refractivity contribution >= 4 is 10.0 Å². The van der Waals surface area contributed by atoms with Gasteiger partial charge in [0.2, 0.25) is 10.0 Å². The molecule has 18 heavy (non-hydrogen) atoms. The van der Waals surface area contributed by atoms with Crippen LogP contribution in [-0.4, -0.2) is 57.1 Å². The maximum absolute atomic E-state index is 12.3. The Labute approximate surface area is 107 Å². The zero-order valence-corrected chi connectivity index (χ0v) is 11.1. The van der Waals surface area contributed by atoms with Gasteiger partial charge in [-0.15, -0.1) is 0 Å². The average molecular weight is 271 g/mol. The second-order valence-corrected chi connectivity index (χ2v) is 6.04. The van der Waals surface area contributed by atoms with Gasteiger partial charge in [0.1, 0.15) is 4.90 Å². The van der Waals surface area contributed by atoms with E-state index < -0.39 is 10.0 Å². The van der Waals surface area contributed by atoms with Gasteiger partial charge in [0.25, 0.3) is 0 Å². The van der Waals surface area contributed by atoms with Gasteiger partial charge >= 0.3 is 0 Å². The fourth-order valence-corrected chi connectivity index (χ4v) is 3.33. The lowest BCUT2D eigenvalue weighted by atomic mass is 10.3. The van der Waals surface area contributed by atoms with Crippen molar-refractivity contribution in [3.05, 3.63) is 24.5 Å². The van der Waals surface area contributed by atoms with Gasteiger partial charge in [0.15, 0.2) is 0 Å². The number of hydrogen-bond acceptors (Lipinski definition) is 5. The highest BCUT2D eigenvalue weighted by Gasteiger charge is 2.30. The topological polar surface area (TPSA) is 71.5 Å². The number of pyridine rings is 1. The highest BCUT2D eigenvalue weighted by molar-refractivity contribution is 7.89. The molecule has 1 aromatic rings. The number of likely N-dealkylation sites (N-methyl/N-ethyl adjacent to an activating group) is 1. The van der Waals surface area contributed by atoms with Crippen molar-refractivity contribution in [1.82, 2.24) is 14.6 Å². The number of hydrogen-bond donors (Lipinski definition) is 1. The summed E-state index contributed by atoms with van der Waals surface area (Å²) < 4.78 is 31.6. The van der Waals surface area contributed by atoms with E-state index in [0.29, 0.717) is 26.2 Å². The van der Waals surface area contributed by atoms with Gasteiger partial charge in [0.05, 0.1) is 12.7 Å². The summed E-state index contributed by atoms with van der Waals surface area (Å²) in [5, 5.41) is 2.99. The molecular weight excluding hydrogens is 254 g/mol. The lowest BCUT2D eigenvalue weighted by Crippen LogP contribution is -2.48. The molecule has 1 fully saturated rings. The first-order chi connectivity index (χ1) is 8.64.